The minimum atomic E-state index is -1.19. The van der Waals surface area contributed by atoms with Gasteiger partial charge in [-0.2, -0.15) is 0 Å². The van der Waals surface area contributed by atoms with E-state index in [1.807, 2.05) is 36.6 Å². The van der Waals surface area contributed by atoms with Crippen molar-refractivity contribution in [2.24, 2.45) is 5.41 Å². The number of fused-ring (bicyclic) bond motifs is 1. The van der Waals surface area contributed by atoms with Gasteiger partial charge in [-0.1, -0.05) is 88.1 Å². The molecule has 250 valence electrons. The Kier molecular flexibility index (Phi) is 13.2. The van der Waals surface area contributed by atoms with Crippen LogP contribution in [0.4, 0.5) is 11.4 Å². The summed E-state index contributed by atoms with van der Waals surface area (Å²) in [6.45, 7) is 3.92. The molecule has 0 aromatic heterocycles. The monoisotopic (exact) mass is 677 g/mol. The molecule has 3 aromatic carbocycles. The van der Waals surface area contributed by atoms with E-state index < -0.39 is 35.8 Å². The maximum atomic E-state index is 14.2. The summed E-state index contributed by atoms with van der Waals surface area (Å²) >= 11 is 2.73. The Morgan fingerprint density at radius 3 is 2.23 bits per heavy atom. The van der Waals surface area contributed by atoms with Gasteiger partial charge in [0, 0.05) is 17.1 Å². The van der Waals surface area contributed by atoms with Gasteiger partial charge in [0.2, 0.25) is 11.0 Å². The number of unbranched alkanes of at least 4 members (excludes halogenated alkanes) is 2. The van der Waals surface area contributed by atoms with E-state index in [-0.39, 0.29) is 11.7 Å². The number of benzene rings is 3. The van der Waals surface area contributed by atoms with Crippen molar-refractivity contribution in [2.45, 2.75) is 68.2 Å². The highest BCUT2D eigenvalue weighted by molar-refractivity contribution is 8.14. The molecular formula is C36H43N3O6S2. The van der Waals surface area contributed by atoms with Crippen molar-refractivity contribution in [3.63, 3.8) is 0 Å². The van der Waals surface area contributed by atoms with E-state index in [1.54, 1.807) is 30.3 Å². The van der Waals surface area contributed by atoms with Crippen LogP contribution in [0, 0.1) is 5.41 Å². The molecule has 1 heterocycles. The van der Waals surface area contributed by atoms with Crippen LogP contribution in [-0.2, 0) is 19.2 Å². The molecule has 0 bridgehead atoms. The zero-order chi connectivity index (χ0) is 33.8. The number of anilines is 2. The van der Waals surface area contributed by atoms with Crippen LogP contribution in [0.3, 0.4) is 0 Å². The lowest BCUT2D eigenvalue weighted by atomic mass is 9.78. The summed E-state index contributed by atoms with van der Waals surface area (Å²) in [5.41, 5.74) is 1.92. The predicted octanol–water partition coefficient (Wildman–Crippen LogP) is 6.98. The van der Waals surface area contributed by atoms with Crippen molar-refractivity contribution >= 4 is 57.8 Å². The number of nitrogens with zero attached hydrogens (tertiary/aromatic N) is 1. The van der Waals surface area contributed by atoms with Gasteiger partial charge in [-0.25, -0.2) is 0 Å². The van der Waals surface area contributed by atoms with Crippen LogP contribution in [0.15, 0.2) is 82.6 Å². The lowest BCUT2D eigenvalue weighted by Gasteiger charge is -2.36. The predicted molar refractivity (Wildman–Crippen MR) is 187 cm³/mol. The maximum absolute atomic E-state index is 14.2. The zero-order valence-corrected chi connectivity index (χ0v) is 28.8. The summed E-state index contributed by atoms with van der Waals surface area (Å²) in [6, 6.07) is 21.5. The third kappa shape index (κ3) is 9.32. The number of carbonyl (C=O) groups excluding carboxylic acids is 3. The Morgan fingerprint density at radius 2 is 1.64 bits per heavy atom. The first-order valence-corrected chi connectivity index (χ1v) is 18.0. The van der Waals surface area contributed by atoms with Crippen molar-refractivity contribution in [2.75, 3.05) is 30.9 Å². The first kappa shape index (κ1) is 35.9. The fourth-order valence-electron chi connectivity index (χ4n) is 5.67. The number of thioether (sulfide) groups is 2. The molecule has 4 rings (SSSR count). The smallest absolute Gasteiger partial charge is 0.322 e. The topological polar surface area (TPSA) is 125 Å². The fraction of sp³-hybridized carbons (Fsp3) is 0.389. The lowest BCUT2D eigenvalue weighted by Crippen LogP contribution is -2.43. The van der Waals surface area contributed by atoms with E-state index in [9.17, 15) is 19.2 Å². The number of hydrogen-bond donors (Lipinski definition) is 3. The van der Waals surface area contributed by atoms with Crippen LogP contribution in [0.2, 0.25) is 0 Å². The number of carboxylic acids is 1. The number of aliphatic carboxylic acids is 1. The molecule has 3 N–H and O–H groups in total. The Balaban J connectivity index is 1.63. The van der Waals surface area contributed by atoms with Crippen LogP contribution >= 0.6 is 23.5 Å². The molecule has 0 fully saturated rings. The van der Waals surface area contributed by atoms with E-state index >= 15 is 0 Å². The molecule has 47 heavy (non-hydrogen) atoms. The highest BCUT2D eigenvalue weighted by Gasteiger charge is 2.43. The SMILES string of the molecule is CCCCC1(CCCC)CN(c2ccccc2)c2cc(SC)c(OCC(=O)N[C@@H](C(=O)NCC(=O)O)c3ccccc3)cc2SC1=O. The molecule has 1 aliphatic heterocycles. The average Bonchev–Trinajstić information content (AvgIpc) is 3.20. The van der Waals surface area contributed by atoms with Crippen LogP contribution in [0.1, 0.15) is 64.0 Å². The summed E-state index contributed by atoms with van der Waals surface area (Å²) in [6.07, 6.45) is 7.50. The minimum Gasteiger partial charge on any atom is -0.483 e. The molecule has 0 spiro atoms. The van der Waals surface area contributed by atoms with Gasteiger partial charge in [0.05, 0.1) is 16.0 Å². The largest absolute Gasteiger partial charge is 0.483 e. The first-order chi connectivity index (χ1) is 22.7. The van der Waals surface area contributed by atoms with Gasteiger partial charge in [0.15, 0.2) is 6.61 Å². The number of para-hydroxylation sites is 1. The van der Waals surface area contributed by atoms with Gasteiger partial charge in [-0.3, -0.25) is 19.2 Å². The second kappa shape index (κ2) is 17.3. The van der Waals surface area contributed by atoms with Gasteiger partial charge in [-0.05, 0) is 60.7 Å². The van der Waals surface area contributed by atoms with Crippen molar-refractivity contribution in [1.82, 2.24) is 10.6 Å². The molecule has 0 saturated carbocycles. The summed E-state index contributed by atoms with van der Waals surface area (Å²) in [5.74, 6) is -1.94. The highest BCUT2D eigenvalue weighted by Crippen LogP contribution is 2.50. The zero-order valence-electron chi connectivity index (χ0n) is 27.1. The molecule has 1 atom stereocenters. The second-order valence-electron chi connectivity index (χ2n) is 11.6. The molecule has 0 saturated heterocycles. The average molecular weight is 678 g/mol. The fourth-order valence-corrected chi connectivity index (χ4v) is 7.34. The van der Waals surface area contributed by atoms with Gasteiger partial charge >= 0.3 is 5.97 Å². The third-order valence-electron chi connectivity index (χ3n) is 8.19. The molecule has 0 aliphatic carbocycles. The maximum Gasteiger partial charge on any atom is 0.322 e. The summed E-state index contributed by atoms with van der Waals surface area (Å²) in [7, 11) is 0. The summed E-state index contributed by atoms with van der Waals surface area (Å²) < 4.78 is 6.07. The highest BCUT2D eigenvalue weighted by atomic mass is 32.2. The molecule has 2 amide bonds. The molecule has 11 heteroatoms. The number of hydrogen-bond acceptors (Lipinski definition) is 8. The number of amides is 2. The van der Waals surface area contributed by atoms with E-state index in [0.717, 1.165) is 59.7 Å². The normalized spacial score (nSPS) is 14.4. The first-order valence-electron chi connectivity index (χ1n) is 15.9. The number of nitrogens with one attached hydrogen (secondary N) is 2. The Hall–Kier alpha value is -3.96. The standard InChI is InChI=1S/C36H43N3O6S2/c1-4-6-18-36(19-7-5-2)24-39(26-16-12-9-13-17-26)27-20-30(46-3)28(21-29(27)47-35(36)44)45-23-31(40)38-33(25-14-10-8-11-15-25)34(43)37-22-32(41)42/h8-17,20-21,33H,4-7,18-19,22-24H2,1-3H3,(H,37,43)(H,38,40)(H,41,42)/t33-/m1/s1. The third-order valence-corrected chi connectivity index (χ3v) is 10.1. The number of carbonyl (C=O) groups is 4. The van der Waals surface area contributed by atoms with Crippen molar-refractivity contribution in [3.8, 4) is 5.75 Å². The number of carboxylic acid groups (broad SMARTS) is 1. The Morgan fingerprint density at radius 1 is 1.00 bits per heavy atom. The minimum absolute atomic E-state index is 0.151. The van der Waals surface area contributed by atoms with Crippen molar-refractivity contribution < 1.29 is 29.0 Å². The number of ether oxygens (including phenoxy) is 1. The molecule has 3 aromatic rings. The van der Waals surface area contributed by atoms with E-state index in [0.29, 0.717) is 17.9 Å². The van der Waals surface area contributed by atoms with Crippen LogP contribution in [0.25, 0.3) is 0 Å². The molecule has 0 unspecified atom stereocenters. The Labute approximate surface area is 285 Å². The number of rotatable bonds is 16. The molecule has 1 aliphatic rings. The van der Waals surface area contributed by atoms with E-state index in [4.69, 9.17) is 9.84 Å². The van der Waals surface area contributed by atoms with Gasteiger partial charge < -0.3 is 25.4 Å². The van der Waals surface area contributed by atoms with Crippen molar-refractivity contribution in [1.29, 1.82) is 0 Å². The molecular weight excluding hydrogens is 635 g/mol. The second-order valence-corrected chi connectivity index (χ2v) is 13.4. The van der Waals surface area contributed by atoms with Crippen LogP contribution in [-0.4, -0.2) is 54.0 Å². The van der Waals surface area contributed by atoms with E-state index in [2.05, 4.69) is 41.5 Å². The van der Waals surface area contributed by atoms with Crippen LogP contribution in [0.5, 0.6) is 5.75 Å². The van der Waals surface area contributed by atoms with E-state index in [1.165, 1.54) is 23.5 Å². The lowest BCUT2D eigenvalue weighted by molar-refractivity contribution is -0.138. The Bertz CT molecular complexity index is 1530. The van der Waals surface area contributed by atoms with Gasteiger partial charge in [0.25, 0.3) is 5.91 Å². The van der Waals surface area contributed by atoms with Gasteiger partial charge in [-0.15, -0.1) is 11.8 Å². The molecule has 0 radical (unpaired) electrons. The van der Waals surface area contributed by atoms with Crippen molar-refractivity contribution in [3.05, 3.63) is 78.4 Å². The quantitative estimate of drug-likeness (QED) is 0.138. The molecule has 9 nitrogen and oxygen atoms in total. The summed E-state index contributed by atoms with van der Waals surface area (Å²) in [5, 5.41) is 14.2. The summed E-state index contributed by atoms with van der Waals surface area (Å²) in [4.78, 5) is 55.0. The van der Waals surface area contributed by atoms with Gasteiger partial charge in [0.1, 0.15) is 18.3 Å². The van der Waals surface area contributed by atoms with Crippen LogP contribution < -0.4 is 20.3 Å².